The Labute approximate surface area is 225 Å². The second kappa shape index (κ2) is 11.7. The maximum absolute atomic E-state index is 13.5. The number of nitrogens with zero attached hydrogens (tertiary/aromatic N) is 4. The Balaban J connectivity index is 0.000000531. The van der Waals surface area contributed by atoms with Crippen LogP contribution in [0, 0.1) is 0 Å². The molecule has 0 saturated carbocycles. The lowest BCUT2D eigenvalue weighted by molar-refractivity contribution is -0.159. The van der Waals surface area contributed by atoms with Crippen LogP contribution in [0.2, 0.25) is 0 Å². The quantitative estimate of drug-likeness (QED) is 0.455. The van der Waals surface area contributed by atoms with Gasteiger partial charge in [-0.25, -0.2) is 14.6 Å². The van der Waals surface area contributed by atoms with Crippen molar-refractivity contribution in [2.45, 2.75) is 16.0 Å². The van der Waals surface area contributed by atoms with E-state index in [-0.39, 0.29) is 18.1 Å². The highest BCUT2D eigenvalue weighted by atomic mass is 32.2. The predicted octanol–water partition coefficient (Wildman–Crippen LogP) is 4.21. The number of para-hydroxylation sites is 1. The number of pyridine rings is 1. The van der Waals surface area contributed by atoms with Gasteiger partial charge in [0.05, 0.1) is 23.5 Å². The fourth-order valence-electron chi connectivity index (χ4n) is 4.14. The third kappa shape index (κ3) is 6.67. The van der Waals surface area contributed by atoms with Crippen LogP contribution in [-0.4, -0.2) is 70.7 Å². The molecule has 1 amide bonds. The summed E-state index contributed by atoms with van der Waals surface area (Å²) in [6, 6.07) is 16.7. The second-order valence-electron chi connectivity index (χ2n) is 8.54. The highest BCUT2D eigenvalue weighted by molar-refractivity contribution is 7.99. The van der Waals surface area contributed by atoms with Crippen LogP contribution in [-0.2, 0) is 20.6 Å². The lowest BCUT2D eigenvalue weighted by atomic mass is 10.1. The molecule has 3 heterocycles. The number of rotatable bonds is 3. The molecule has 9 nitrogen and oxygen atoms in total. The van der Waals surface area contributed by atoms with Crippen LogP contribution in [0.5, 0.6) is 0 Å². The van der Waals surface area contributed by atoms with Crippen molar-refractivity contribution in [3.8, 4) is 0 Å². The molecule has 2 N–H and O–H groups in total. The molecule has 204 valence electrons. The topological polar surface area (TPSA) is 114 Å². The standard InChI is InChI=1S/C24H21F3N4OS.C2H2O4/c25-24(26,27)17-8-9-21-19(15-17)31(18-5-1-2-6-20(18)33-21)23(32)16-29-11-13-30(14-12-29)22-7-3-4-10-28-22;3-1(4)2(5)6/h1-10,15H,11-14,16H2;(H,3,4)(H,5,6). The van der Waals surface area contributed by atoms with E-state index < -0.39 is 23.7 Å². The van der Waals surface area contributed by atoms with Crippen LogP contribution in [0.25, 0.3) is 0 Å². The summed E-state index contributed by atoms with van der Waals surface area (Å²) in [7, 11) is 0. The highest BCUT2D eigenvalue weighted by Gasteiger charge is 2.35. The van der Waals surface area contributed by atoms with E-state index in [1.54, 1.807) is 18.3 Å². The van der Waals surface area contributed by atoms with Gasteiger partial charge in [-0.05, 0) is 42.5 Å². The first-order valence-electron chi connectivity index (χ1n) is 11.7. The number of benzene rings is 2. The average Bonchev–Trinajstić information content (AvgIpc) is 2.92. The highest BCUT2D eigenvalue weighted by Crippen LogP contribution is 2.49. The van der Waals surface area contributed by atoms with E-state index in [1.807, 2.05) is 35.2 Å². The molecule has 1 aromatic heterocycles. The summed E-state index contributed by atoms with van der Waals surface area (Å²) in [5, 5.41) is 14.8. The minimum atomic E-state index is -4.48. The van der Waals surface area contributed by atoms with Crippen LogP contribution in [0.3, 0.4) is 0 Å². The van der Waals surface area contributed by atoms with Crippen molar-refractivity contribution in [2.75, 3.05) is 42.5 Å². The molecular formula is C26H23F3N4O5S. The minimum Gasteiger partial charge on any atom is -0.473 e. The van der Waals surface area contributed by atoms with Gasteiger partial charge in [0.25, 0.3) is 0 Å². The molecule has 0 bridgehead atoms. The van der Waals surface area contributed by atoms with Crippen molar-refractivity contribution in [3.05, 3.63) is 72.4 Å². The van der Waals surface area contributed by atoms with Gasteiger partial charge in [-0.15, -0.1) is 0 Å². The molecule has 2 aliphatic heterocycles. The van der Waals surface area contributed by atoms with Crippen molar-refractivity contribution in [3.63, 3.8) is 0 Å². The average molecular weight is 561 g/mol. The van der Waals surface area contributed by atoms with Gasteiger partial charge in [0.1, 0.15) is 5.82 Å². The summed E-state index contributed by atoms with van der Waals surface area (Å²) in [6.07, 6.45) is -2.73. The number of aromatic nitrogens is 1. The fraction of sp³-hybridized carbons (Fsp3) is 0.231. The van der Waals surface area contributed by atoms with Crippen LogP contribution >= 0.6 is 11.8 Å². The maximum atomic E-state index is 13.5. The minimum absolute atomic E-state index is 0.130. The molecule has 0 spiro atoms. The Morgan fingerprint density at radius 3 is 2.10 bits per heavy atom. The van der Waals surface area contributed by atoms with Crippen molar-refractivity contribution >= 4 is 46.8 Å². The number of anilines is 3. The summed E-state index contributed by atoms with van der Waals surface area (Å²) in [5.74, 6) is -2.99. The Hall–Kier alpha value is -4.10. The van der Waals surface area contributed by atoms with Crippen LogP contribution in [0.4, 0.5) is 30.4 Å². The lowest BCUT2D eigenvalue weighted by Gasteiger charge is -2.37. The summed E-state index contributed by atoms with van der Waals surface area (Å²) in [4.78, 5) is 43.2. The number of carboxylic acids is 2. The van der Waals surface area contributed by atoms with E-state index in [9.17, 15) is 18.0 Å². The predicted molar refractivity (Wildman–Crippen MR) is 137 cm³/mol. The first-order chi connectivity index (χ1) is 18.5. The number of piperazine rings is 1. The third-order valence-electron chi connectivity index (χ3n) is 5.99. The molecule has 2 aromatic carbocycles. The van der Waals surface area contributed by atoms with Crippen LogP contribution in [0.15, 0.2) is 76.7 Å². The molecule has 0 unspecified atom stereocenters. The van der Waals surface area contributed by atoms with Gasteiger partial charge < -0.3 is 15.1 Å². The summed E-state index contributed by atoms with van der Waals surface area (Å²) < 4.78 is 40.2. The molecule has 3 aromatic rings. The third-order valence-corrected chi connectivity index (χ3v) is 7.12. The summed E-state index contributed by atoms with van der Waals surface area (Å²) in [6.45, 7) is 2.92. The van der Waals surface area contributed by atoms with Crippen molar-refractivity contribution in [1.82, 2.24) is 9.88 Å². The Bertz CT molecular complexity index is 1350. The fourth-order valence-corrected chi connectivity index (χ4v) is 5.18. The number of carbonyl (C=O) groups excluding carboxylic acids is 1. The van der Waals surface area contributed by atoms with Crippen molar-refractivity contribution in [1.29, 1.82) is 0 Å². The van der Waals surface area contributed by atoms with E-state index in [2.05, 4.69) is 9.88 Å². The molecule has 0 aliphatic carbocycles. The molecule has 1 saturated heterocycles. The largest absolute Gasteiger partial charge is 0.473 e. The van der Waals surface area contributed by atoms with Gasteiger partial charge in [0.15, 0.2) is 0 Å². The number of fused-ring (bicyclic) bond motifs is 2. The number of aliphatic carboxylic acids is 2. The van der Waals surface area contributed by atoms with Gasteiger partial charge in [-0.3, -0.25) is 14.6 Å². The zero-order chi connectivity index (χ0) is 28.2. The molecule has 13 heteroatoms. The Kier molecular flexibility index (Phi) is 8.41. The molecule has 39 heavy (non-hydrogen) atoms. The number of hydrogen-bond donors (Lipinski definition) is 2. The summed E-state index contributed by atoms with van der Waals surface area (Å²) >= 11 is 1.38. The van der Waals surface area contributed by atoms with Gasteiger partial charge in [0, 0.05) is 42.2 Å². The van der Waals surface area contributed by atoms with E-state index in [0.717, 1.165) is 35.9 Å². The van der Waals surface area contributed by atoms with Crippen LogP contribution in [0.1, 0.15) is 5.56 Å². The van der Waals surface area contributed by atoms with E-state index in [0.29, 0.717) is 23.7 Å². The SMILES string of the molecule is O=C(CN1CCN(c2ccccn2)CC1)N1c2ccccc2Sc2ccc(C(F)(F)F)cc21.O=C(O)C(=O)O. The maximum Gasteiger partial charge on any atom is 0.416 e. The zero-order valence-electron chi connectivity index (χ0n) is 20.3. The second-order valence-corrected chi connectivity index (χ2v) is 9.62. The number of amides is 1. The number of halogens is 3. The lowest BCUT2D eigenvalue weighted by Crippen LogP contribution is -2.50. The zero-order valence-corrected chi connectivity index (χ0v) is 21.2. The first kappa shape index (κ1) is 27.9. The molecule has 5 rings (SSSR count). The monoisotopic (exact) mass is 560 g/mol. The molecule has 0 radical (unpaired) electrons. The number of carboxylic acid groups (broad SMARTS) is 2. The van der Waals surface area contributed by atoms with E-state index in [1.165, 1.54) is 22.7 Å². The van der Waals surface area contributed by atoms with Crippen molar-refractivity contribution in [2.24, 2.45) is 0 Å². The molecular weight excluding hydrogens is 537 g/mol. The number of alkyl halides is 3. The van der Waals surface area contributed by atoms with Gasteiger partial charge >= 0.3 is 18.1 Å². The smallest absolute Gasteiger partial charge is 0.416 e. The van der Waals surface area contributed by atoms with E-state index >= 15 is 0 Å². The Morgan fingerprint density at radius 2 is 1.49 bits per heavy atom. The summed E-state index contributed by atoms with van der Waals surface area (Å²) in [5.41, 5.74) is 0.139. The van der Waals surface area contributed by atoms with Gasteiger partial charge in [0.2, 0.25) is 5.91 Å². The Morgan fingerprint density at radius 1 is 0.846 bits per heavy atom. The van der Waals surface area contributed by atoms with E-state index in [4.69, 9.17) is 19.8 Å². The number of carbonyl (C=O) groups is 3. The van der Waals surface area contributed by atoms with Gasteiger partial charge in [-0.2, -0.15) is 13.2 Å². The first-order valence-corrected chi connectivity index (χ1v) is 12.5. The van der Waals surface area contributed by atoms with Crippen molar-refractivity contribution < 1.29 is 37.8 Å². The molecule has 2 aliphatic rings. The number of hydrogen-bond acceptors (Lipinski definition) is 7. The normalized spacial score (nSPS) is 14.9. The molecule has 0 atom stereocenters. The van der Waals surface area contributed by atoms with Crippen LogP contribution < -0.4 is 9.80 Å². The molecule has 1 fully saturated rings. The van der Waals surface area contributed by atoms with Gasteiger partial charge in [-0.1, -0.05) is 30.0 Å².